The molecule has 1 heterocycles. The minimum absolute atomic E-state index is 0.134. The molecule has 0 aromatic carbocycles. The lowest BCUT2D eigenvalue weighted by Gasteiger charge is -2.25. The van der Waals surface area contributed by atoms with Crippen LogP contribution in [0.15, 0.2) is 6.07 Å². The van der Waals surface area contributed by atoms with E-state index in [1.54, 1.807) is 0 Å². The molecule has 1 aromatic heterocycles. The summed E-state index contributed by atoms with van der Waals surface area (Å²) in [5, 5.41) is 12.0. The van der Waals surface area contributed by atoms with E-state index in [4.69, 9.17) is 5.26 Å². The molecule has 5 nitrogen and oxygen atoms in total. The summed E-state index contributed by atoms with van der Waals surface area (Å²) in [7, 11) is 1.96. The van der Waals surface area contributed by atoms with Crippen molar-refractivity contribution < 1.29 is 0 Å². The van der Waals surface area contributed by atoms with Crippen molar-refractivity contribution in [3.8, 4) is 6.07 Å². The van der Waals surface area contributed by atoms with Gasteiger partial charge in [0.2, 0.25) is 0 Å². The lowest BCUT2D eigenvalue weighted by atomic mass is 10.2. The van der Waals surface area contributed by atoms with Crippen LogP contribution in [0, 0.1) is 11.3 Å². The molecule has 0 aliphatic rings. The van der Waals surface area contributed by atoms with Gasteiger partial charge in [-0.3, -0.25) is 0 Å². The van der Waals surface area contributed by atoms with Crippen molar-refractivity contribution in [2.24, 2.45) is 0 Å². The first kappa shape index (κ1) is 15.2. The molecule has 1 atom stereocenters. The van der Waals surface area contributed by atoms with Crippen molar-refractivity contribution in [1.29, 1.82) is 5.26 Å². The van der Waals surface area contributed by atoms with Gasteiger partial charge < -0.3 is 10.2 Å². The molecule has 19 heavy (non-hydrogen) atoms. The highest BCUT2D eigenvalue weighted by Crippen LogP contribution is 2.21. The maximum Gasteiger partial charge on any atom is 0.135 e. The maximum absolute atomic E-state index is 8.79. The minimum Gasteiger partial charge on any atom is -0.370 e. The highest BCUT2D eigenvalue weighted by molar-refractivity contribution is 5.49. The molecule has 0 aliphatic carbocycles. The van der Waals surface area contributed by atoms with Crippen LogP contribution in [0.3, 0.4) is 0 Å². The van der Waals surface area contributed by atoms with Crippen LogP contribution < -0.4 is 10.2 Å². The number of aromatic nitrogens is 2. The van der Waals surface area contributed by atoms with Crippen molar-refractivity contribution >= 4 is 11.6 Å². The zero-order valence-corrected chi connectivity index (χ0v) is 12.4. The van der Waals surface area contributed by atoms with Crippen molar-refractivity contribution in [2.75, 3.05) is 23.8 Å². The van der Waals surface area contributed by atoms with Crippen molar-refractivity contribution in [1.82, 2.24) is 9.97 Å². The van der Waals surface area contributed by atoms with Gasteiger partial charge in [-0.25, -0.2) is 9.97 Å². The van der Waals surface area contributed by atoms with E-state index in [-0.39, 0.29) is 12.0 Å². The first-order valence-corrected chi connectivity index (χ1v) is 6.72. The maximum atomic E-state index is 8.79. The Morgan fingerprint density at radius 3 is 2.58 bits per heavy atom. The van der Waals surface area contributed by atoms with E-state index < -0.39 is 0 Å². The minimum atomic E-state index is 0.134. The van der Waals surface area contributed by atoms with Crippen LogP contribution >= 0.6 is 0 Å². The quantitative estimate of drug-likeness (QED) is 0.853. The molecule has 0 aliphatic heterocycles. The van der Waals surface area contributed by atoms with Gasteiger partial charge in [-0.05, 0) is 13.8 Å². The van der Waals surface area contributed by atoms with Crippen LogP contribution in [0.1, 0.15) is 45.9 Å². The van der Waals surface area contributed by atoms with Crippen LogP contribution in [-0.2, 0) is 0 Å². The summed E-state index contributed by atoms with van der Waals surface area (Å²) in [5.74, 6) is 2.80. The molecule has 0 saturated carbocycles. The number of nitrogens with one attached hydrogen (secondary N) is 1. The Hall–Kier alpha value is -1.83. The Balaban J connectivity index is 3.08. The lowest BCUT2D eigenvalue weighted by Crippen LogP contribution is -2.29. The average molecular weight is 261 g/mol. The van der Waals surface area contributed by atoms with Gasteiger partial charge in [0, 0.05) is 31.6 Å². The highest BCUT2D eigenvalue weighted by Gasteiger charge is 2.14. The largest absolute Gasteiger partial charge is 0.370 e. The number of hydrogen-bond donors (Lipinski definition) is 1. The second-order valence-electron chi connectivity index (χ2n) is 4.98. The van der Waals surface area contributed by atoms with Crippen LogP contribution in [0.4, 0.5) is 11.6 Å². The molecule has 1 unspecified atom stereocenters. The van der Waals surface area contributed by atoms with Gasteiger partial charge >= 0.3 is 0 Å². The normalized spacial score (nSPS) is 12.1. The number of hydrogen-bond acceptors (Lipinski definition) is 5. The number of nitrogens with zero attached hydrogens (tertiary/aromatic N) is 4. The van der Waals surface area contributed by atoms with Crippen molar-refractivity contribution in [3.63, 3.8) is 0 Å². The summed E-state index contributed by atoms with van der Waals surface area (Å²) < 4.78 is 0. The standard InChI is InChI=1S/C14H23N5/c1-6-16-12-9-13(18-14(17-12)10(2)3)19(5)11(4)7-8-15/h9-11H,6-7H2,1-5H3,(H,16,17,18). The van der Waals surface area contributed by atoms with Gasteiger partial charge in [-0.2, -0.15) is 5.26 Å². The Kier molecular flexibility index (Phi) is 5.56. The van der Waals surface area contributed by atoms with E-state index in [2.05, 4.69) is 35.2 Å². The van der Waals surface area contributed by atoms with Crippen LogP contribution in [0.25, 0.3) is 0 Å². The first-order chi connectivity index (χ1) is 8.99. The molecule has 0 saturated heterocycles. The zero-order chi connectivity index (χ0) is 14.4. The third kappa shape index (κ3) is 4.09. The summed E-state index contributed by atoms with van der Waals surface area (Å²) in [6.07, 6.45) is 0.480. The number of nitriles is 1. The van der Waals surface area contributed by atoms with Gasteiger partial charge in [0.1, 0.15) is 17.5 Å². The summed E-state index contributed by atoms with van der Waals surface area (Å²) in [4.78, 5) is 11.1. The smallest absolute Gasteiger partial charge is 0.135 e. The van der Waals surface area contributed by atoms with Crippen LogP contribution in [0.2, 0.25) is 0 Å². The fourth-order valence-corrected chi connectivity index (χ4v) is 1.66. The van der Waals surface area contributed by atoms with Gasteiger partial charge in [-0.1, -0.05) is 13.8 Å². The fraction of sp³-hybridized carbons (Fsp3) is 0.643. The number of anilines is 2. The predicted molar refractivity (Wildman–Crippen MR) is 78.4 cm³/mol. The topological polar surface area (TPSA) is 64.8 Å². The Labute approximate surface area is 115 Å². The molecule has 0 amide bonds. The van der Waals surface area contributed by atoms with E-state index >= 15 is 0 Å². The van der Waals surface area contributed by atoms with E-state index in [1.165, 1.54) is 0 Å². The van der Waals surface area contributed by atoms with E-state index in [0.29, 0.717) is 6.42 Å². The van der Waals surface area contributed by atoms with E-state index in [9.17, 15) is 0 Å². The molecule has 1 N–H and O–H groups in total. The SMILES string of the molecule is CCNc1cc(N(C)C(C)CC#N)nc(C(C)C)n1. The third-order valence-corrected chi connectivity index (χ3v) is 3.01. The first-order valence-electron chi connectivity index (χ1n) is 6.72. The Morgan fingerprint density at radius 1 is 1.37 bits per heavy atom. The van der Waals surface area contributed by atoms with Gasteiger partial charge in [0.05, 0.1) is 12.5 Å². The average Bonchev–Trinajstić information content (AvgIpc) is 2.38. The second-order valence-corrected chi connectivity index (χ2v) is 4.98. The van der Waals surface area contributed by atoms with Gasteiger partial charge in [0.25, 0.3) is 0 Å². The molecule has 0 bridgehead atoms. The molecule has 104 valence electrons. The molecule has 5 heteroatoms. The monoisotopic (exact) mass is 261 g/mol. The summed E-state index contributed by atoms with van der Waals surface area (Å²) in [6.45, 7) is 9.04. The van der Waals surface area contributed by atoms with Crippen molar-refractivity contribution in [3.05, 3.63) is 11.9 Å². The van der Waals surface area contributed by atoms with Crippen LogP contribution in [0.5, 0.6) is 0 Å². The molecule has 0 fully saturated rings. The highest BCUT2D eigenvalue weighted by atomic mass is 15.2. The summed E-state index contributed by atoms with van der Waals surface area (Å²) in [5.41, 5.74) is 0. The van der Waals surface area contributed by atoms with E-state index in [1.807, 2.05) is 31.9 Å². The predicted octanol–water partition coefficient (Wildman–Crippen LogP) is 2.77. The van der Waals surface area contributed by atoms with Crippen molar-refractivity contribution in [2.45, 2.75) is 46.1 Å². The molecular formula is C14H23N5. The van der Waals surface area contributed by atoms with Gasteiger partial charge in [0.15, 0.2) is 0 Å². The second kappa shape index (κ2) is 6.93. The summed E-state index contributed by atoms with van der Waals surface area (Å²) in [6, 6.07) is 4.26. The Morgan fingerprint density at radius 2 is 2.05 bits per heavy atom. The van der Waals surface area contributed by atoms with Gasteiger partial charge in [-0.15, -0.1) is 0 Å². The molecular weight excluding hydrogens is 238 g/mol. The third-order valence-electron chi connectivity index (χ3n) is 3.01. The number of rotatable bonds is 6. The molecule has 1 aromatic rings. The van der Waals surface area contributed by atoms with Crippen LogP contribution in [-0.4, -0.2) is 29.6 Å². The molecule has 0 spiro atoms. The fourth-order valence-electron chi connectivity index (χ4n) is 1.66. The molecule has 1 rings (SSSR count). The Bertz CT molecular complexity index is 450. The zero-order valence-electron chi connectivity index (χ0n) is 12.4. The van der Waals surface area contributed by atoms with E-state index in [0.717, 1.165) is 24.0 Å². The lowest BCUT2D eigenvalue weighted by molar-refractivity contribution is 0.683. The molecule has 0 radical (unpaired) electrons. The summed E-state index contributed by atoms with van der Waals surface area (Å²) >= 11 is 0.